The second-order valence-electron chi connectivity index (χ2n) is 6.77. The van der Waals surface area contributed by atoms with E-state index in [9.17, 15) is 9.59 Å². The van der Waals surface area contributed by atoms with E-state index in [1.165, 1.54) is 32.0 Å². The summed E-state index contributed by atoms with van der Waals surface area (Å²) in [4.78, 5) is 22.2. The summed E-state index contributed by atoms with van der Waals surface area (Å²) < 4.78 is 0. The van der Waals surface area contributed by atoms with Crippen molar-refractivity contribution in [3.05, 3.63) is 0 Å². The van der Waals surface area contributed by atoms with Gasteiger partial charge in [-0.05, 0) is 50.4 Å². The van der Waals surface area contributed by atoms with Gasteiger partial charge >= 0.3 is 0 Å². The monoisotopic (exact) mass is 252 g/mol. The van der Waals surface area contributed by atoms with Gasteiger partial charge in [0.1, 0.15) is 12.1 Å². The van der Waals surface area contributed by atoms with Crippen LogP contribution in [0.4, 0.5) is 0 Å². The molecule has 1 fully saturated rings. The largest absolute Gasteiger partial charge is 0.303 e. The van der Waals surface area contributed by atoms with Crippen molar-refractivity contribution in [2.75, 3.05) is 0 Å². The Labute approximate surface area is 112 Å². The molecule has 2 nitrogen and oxygen atoms in total. The molecule has 0 aliphatic heterocycles. The molecule has 1 saturated carbocycles. The first-order valence-electron chi connectivity index (χ1n) is 7.39. The highest BCUT2D eigenvalue weighted by Gasteiger charge is 2.32. The lowest BCUT2D eigenvalue weighted by atomic mass is 9.68. The summed E-state index contributed by atoms with van der Waals surface area (Å²) >= 11 is 0. The molecule has 0 aromatic heterocycles. The fourth-order valence-corrected chi connectivity index (χ4v) is 3.29. The van der Waals surface area contributed by atoms with E-state index in [0.29, 0.717) is 17.8 Å². The first-order chi connectivity index (χ1) is 8.44. The number of aldehydes is 1. The zero-order valence-corrected chi connectivity index (χ0v) is 12.2. The summed E-state index contributed by atoms with van der Waals surface area (Å²) in [6.07, 6.45) is 9.70. The first-order valence-corrected chi connectivity index (χ1v) is 7.39. The topological polar surface area (TPSA) is 34.1 Å². The van der Waals surface area contributed by atoms with Gasteiger partial charge in [-0.1, -0.05) is 26.7 Å². The van der Waals surface area contributed by atoms with Gasteiger partial charge in [-0.15, -0.1) is 0 Å². The van der Waals surface area contributed by atoms with Gasteiger partial charge in [0, 0.05) is 12.3 Å². The van der Waals surface area contributed by atoms with Gasteiger partial charge in [-0.2, -0.15) is 0 Å². The molecule has 1 aliphatic carbocycles. The van der Waals surface area contributed by atoms with Gasteiger partial charge < -0.3 is 9.59 Å². The van der Waals surface area contributed by atoms with Crippen LogP contribution in [0.5, 0.6) is 0 Å². The Hall–Kier alpha value is -0.660. The van der Waals surface area contributed by atoms with Crippen molar-refractivity contribution < 1.29 is 9.59 Å². The lowest BCUT2D eigenvalue weighted by molar-refractivity contribution is -0.117. The van der Waals surface area contributed by atoms with Gasteiger partial charge in [-0.3, -0.25) is 0 Å². The second-order valence-corrected chi connectivity index (χ2v) is 6.77. The fraction of sp³-hybridized carbons (Fsp3) is 0.875. The van der Waals surface area contributed by atoms with Gasteiger partial charge in [0.15, 0.2) is 0 Å². The number of carbonyl (C=O) groups excluding carboxylic acids is 2. The van der Waals surface area contributed by atoms with Crippen molar-refractivity contribution in [3.8, 4) is 0 Å². The molecular weight excluding hydrogens is 224 g/mol. The minimum absolute atomic E-state index is 0.219. The number of hydrogen-bond donors (Lipinski definition) is 0. The normalized spacial score (nSPS) is 24.5. The molecule has 2 unspecified atom stereocenters. The number of hydrogen-bond acceptors (Lipinski definition) is 2. The molecule has 0 saturated heterocycles. The average molecular weight is 252 g/mol. The minimum atomic E-state index is 0.219. The third kappa shape index (κ3) is 5.32. The van der Waals surface area contributed by atoms with Crippen molar-refractivity contribution in [2.24, 2.45) is 17.3 Å². The lowest BCUT2D eigenvalue weighted by Crippen LogP contribution is -2.28. The van der Waals surface area contributed by atoms with Gasteiger partial charge in [0.2, 0.25) is 0 Å². The van der Waals surface area contributed by atoms with E-state index >= 15 is 0 Å². The van der Waals surface area contributed by atoms with Gasteiger partial charge in [0.05, 0.1) is 0 Å². The smallest absolute Gasteiger partial charge is 0.129 e. The Balaban J connectivity index is 2.36. The molecule has 0 spiro atoms. The summed E-state index contributed by atoms with van der Waals surface area (Å²) in [6, 6.07) is 0. The third-order valence-corrected chi connectivity index (χ3v) is 4.34. The predicted octanol–water partition coefficient (Wildman–Crippen LogP) is 4.17. The van der Waals surface area contributed by atoms with E-state index in [1.54, 1.807) is 6.92 Å². The maximum absolute atomic E-state index is 11.3. The molecule has 0 amide bonds. The van der Waals surface area contributed by atoms with Crippen LogP contribution in [0.25, 0.3) is 0 Å². The number of carbonyl (C=O) groups is 2. The van der Waals surface area contributed by atoms with Crippen LogP contribution in [0.1, 0.15) is 72.1 Å². The SMILES string of the molecule is CC(=O)CCCCC(C=O)C1CCCC(C)(C)C1. The number of unbranched alkanes of at least 4 members (excludes halogenated alkanes) is 1. The van der Waals surface area contributed by atoms with Crippen LogP contribution in [0.2, 0.25) is 0 Å². The maximum atomic E-state index is 11.3. The molecule has 0 radical (unpaired) electrons. The highest BCUT2D eigenvalue weighted by molar-refractivity contribution is 5.75. The predicted molar refractivity (Wildman–Crippen MR) is 74.4 cm³/mol. The highest BCUT2D eigenvalue weighted by Crippen LogP contribution is 2.42. The lowest BCUT2D eigenvalue weighted by Gasteiger charge is -2.37. The van der Waals surface area contributed by atoms with Crippen LogP contribution >= 0.6 is 0 Å². The van der Waals surface area contributed by atoms with Crippen LogP contribution < -0.4 is 0 Å². The standard InChI is InChI=1S/C16H28O2/c1-13(18)7-4-5-8-15(12-17)14-9-6-10-16(2,3)11-14/h12,14-15H,4-11H2,1-3H3. The highest BCUT2D eigenvalue weighted by atomic mass is 16.1. The maximum Gasteiger partial charge on any atom is 0.129 e. The van der Waals surface area contributed by atoms with E-state index in [-0.39, 0.29) is 11.7 Å². The molecule has 18 heavy (non-hydrogen) atoms. The Kier molecular flexibility index (Phi) is 6.04. The van der Waals surface area contributed by atoms with E-state index in [2.05, 4.69) is 13.8 Å². The number of ketones is 1. The molecule has 1 rings (SSSR count). The summed E-state index contributed by atoms with van der Waals surface area (Å²) in [5.74, 6) is 1.05. The summed E-state index contributed by atoms with van der Waals surface area (Å²) in [5, 5.41) is 0. The Morgan fingerprint density at radius 3 is 2.67 bits per heavy atom. The molecule has 0 heterocycles. The zero-order chi connectivity index (χ0) is 13.6. The molecule has 0 aromatic rings. The van der Waals surface area contributed by atoms with Crippen LogP contribution in [0, 0.1) is 17.3 Å². The van der Waals surface area contributed by atoms with Crippen LogP contribution in [-0.2, 0) is 9.59 Å². The van der Waals surface area contributed by atoms with Gasteiger partial charge in [-0.25, -0.2) is 0 Å². The molecule has 0 N–H and O–H groups in total. The van der Waals surface area contributed by atoms with Crippen molar-refractivity contribution in [1.29, 1.82) is 0 Å². The molecule has 1 aliphatic rings. The van der Waals surface area contributed by atoms with Crippen LogP contribution in [-0.4, -0.2) is 12.1 Å². The van der Waals surface area contributed by atoms with E-state index < -0.39 is 0 Å². The third-order valence-electron chi connectivity index (χ3n) is 4.34. The van der Waals surface area contributed by atoms with Crippen molar-refractivity contribution >= 4 is 12.1 Å². The zero-order valence-electron chi connectivity index (χ0n) is 12.2. The minimum Gasteiger partial charge on any atom is -0.303 e. The molecule has 2 heteroatoms. The molecule has 2 atom stereocenters. The van der Waals surface area contributed by atoms with E-state index in [0.717, 1.165) is 19.3 Å². The summed E-state index contributed by atoms with van der Waals surface area (Å²) in [7, 11) is 0. The Morgan fingerprint density at radius 1 is 1.39 bits per heavy atom. The van der Waals surface area contributed by atoms with E-state index in [1.807, 2.05) is 0 Å². The van der Waals surface area contributed by atoms with Gasteiger partial charge in [0.25, 0.3) is 0 Å². The molecule has 0 aromatic carbocycles. The summed E-state index contributed by atoms with van der Waals surface area (Å²) in [5.41, 5.74) is 0.406. The molecule has 104 valence electrons. The van der Waals surface area contributed by atoms with E-state index in [4.69, 9.17) is 0 Å². The number of Topliss-reactive ketones (excluding diaryl/α,β-unsaturated/α-hetero) is 1. The van der Waals surface area contributed by atoms with Crippen molar-refractivity contribution in [1.82, 2.24) is 0 Å². The summed E-state index contributed by atoms with van der Waals surface area (Å²) in [6.45, 7) is 6.27. The quantitative estimate of drug-likeness (QED) is 0.503. The Morgan fingerprint density at radius 2 is 2.11 bits per heavy atom. The second kappa shape index (κ2) is 7.06. The van der Waals surface area contributed by atoms with Crippen molar-refractivity contribution in [3.63, 3.8) is 0 Å². The van der Waals surface area contributed by atoms with Crippen molar-refractivity contribution in [2.45, 2.75) is 72.1 Å². The fourth-order valence-electron chi connectivity index (χ4n) is 3.29. The van der Waals surface area contributed by atoms with Crippen LogP contribution in [0.3, 0.4) is 0 Å². The molecular formula is C16H28O2. The molecule has 0 bridgehead atoms. The average Bonchev–Trinajstić information content (AvgIpc) is 2.27. The Bertz CT molecular complexity index is 281. The first kappa shape index (κ1) is 15.4. The van der Waals surface area contributed by atoms with Crippen LogP contribution in [0.15, 0.2) is 0 Å². The number of rotatable bonds is 7.